The summed E-state index contributed by atoms with van der Waals surface area (Å²) < 4.78 is 9.76. The van der Waals surface area contributed by atoms with Crippen LogP contribution in [0.2, 0.25) is 0 Å². The van der Waals surface area contributed by atoms with Crippen LogP contribution in [0.1, 0.15) is 13.8 Å². The molecule has 11 heavy (non-hydrogen) atoms. The molecule has 0 aromatic heterocycles. The maximum absolute atomic E-state index is 4.91. The highest BCUT2D eigenvalue weighted by Gasteiger charge is 2.06. The second-order valence-corrected chi connectivity index (χ2v) is 2.96. The van der Waals surface area contributed by atoms with Crippen LogP contribution in [-0.4, -0.2) is 32.4 Å². The Bertz CT molecular complexity index is 90.5. The van der Waals surface area contributed by atoms with Gasteiger partial charge in [-0.1, -0.05) is 13.8 Å². The molecular weight excluding hydrogens is 162 g/mol. The van der Waals surface area contributed by atoms with Crippen LogP contribution in [-0.2, 0) is 8.92 Å². The Kier molecular flexibility index (Phi) is 7.06. The molecule has 0 saturated heterocycles. The van der Waals surface area contributed by atoms with Gasteiger partial charge in [0.15, 0.2) is 0 Å². The van der Waals surface area contributed by atoms with Gasteiger partial charge in [-0.05, 0) is 12.9 Å². The molecule has 0 bridgehead atoms. The zero-order valence-electron chi connectivity index (χ0n) is 7.33. The molecule has 1 atom stereocenters. The lowest BCUT2D eigenvalue weighted by molar-refractivity contribution is 0.0952. The Morgan fingerprint density at radius 1 is 1.45 bits per heavy atom. The third kappa shape index (κ3) is 6.62. The van der Waals surface area contributed by atoms with Crippen molar-refractivity contribution in [3.05, 3.63) is 0 Å². The number of hydrogen-bond acceptors (Lipinski definition) is 4. The first-order valence-electron chi connectivity index (χ1n) is 3.73. The lowest BCUT2D eigenvalue weighted by atomic mass is 10.3. The molecule has 0 aromatic carbocycles. The fourth-order valence-electron chi connectivity index (χ4n) is 0.680. The molecule has 1 N–H and O–H groups in total. The van der Waals surface area contributed by atoms with E-state index in [-0.39, 0.29) is 6.10 Å². The van der Waals surface area contributed by atoms with Crippen molar-refractivity contribution in [2.75, 3.05) is 20.3 Å². The molecule has 0 radical (unpaired) electrons. The summed E-state index contributed by atoms with van der Waals surface area (Å²) in [6, 6.07) is 0.470. The van der Waals surface area contributed by atoms with Gasteiger partial charge in [-0.3, -0.25) is 0 Å². The van der Waals surface area contributed by atoms with Crippen LogP contribution in [0.4, 0.5) is 0 Å². The molecule has 3 nitrogen and oxygen atoms in total. The van der Waals surface area contributed by atoms with Crippen molar-refractivity contribution in [3.8, 4) is 0 Å². The minimum absolute atomic E-state index is 0.0331. The van der Waals surface area contributed by atoms with Gasteiger partial charge in [-0.15, -0.1) is 0 Å². The van der Waals surface area contributed by atoms with Crippen molar-refractivity contribution in [1.82, 2.24) is 5.32 Å². The van der Waals surface area contributed by atoms with Gasteiger partial charge in [0.1, 0.15) is 6.10 Å². The summed E-state index contributed by atoms with van der Waals surface area (Å²) >= 11 is 3.73. The summed E-state index contributed by atoms with van der Waals surface area (Å²) in [5.74, 6) is 0. The quantitative estimate of drug-likeness (QED) is 0.468. The minimum Gasteiger partial charge on any atom is -0.382 e. The average Bonchev–Trinajstić information content (AvgIpc) is 1.97. The zero-order chi connectivity index (χ0) is 8.69. The largest absolute Gasteiger partial charge is 0.382 e. The molecule has 0 aliphatic heterocycles. The van der Waals surface area contributed by atoms with Crippen molar-refractivity contribution < 1.29 is 8.92 Å². The first kappa shape index (κ1) is 11.2. The molecule has 0 heterocycles. The van der Waals surface area contributed by atoms with Crippen molar-refractivity contribution >= 4 is 12.9 Å². The molecule has 0 aliphatic rings. The topological polar surface area (TPSA) is 30.5 Å². The standard InChI is InChI=1S/C7H17NO2S/c1-6(2)8-4-7(10-11)5-9-3/h6-8,11H,4-5H2,1-3H3. The summed E-state index contributed by atoms with van der Waals surface area (Å²) in [5.41, 5.74) is 0. The normalized spacial score (nSPS) is 13.9. The van der Waals surface area contributed by atoms with Gasteiger partial charge in [0.05, 0.1) is 6.61 Å². The molecule has 0 spiro atoms. The predicted molar refractivity (Wildman–Crippen MR) is 48.9 cm³/mol. The molecule has 0 saturated carbocycles. The summed E-state index contributed by atoms with van der Waals surface area (Å²) in [6.45, 7) is 5.52. The van der Waals surface area contributed by atoms with E-state index in [1.54, 1.807) is 7.11 Å². The average molecular weight is 179 g/mol. The number of methoxy groups -OCH3 is 1. The van der Waals surface area contributed by atoms with Crippen LogP contribution >= 0.6 is 12.9 Å². The Labute approximate surface area is 74.1 Å². The second-order valence-electron chi connectivity index (χ2n) is 2.75. The third-order valence-corrected chi connectivity index (χ3v) is 1.55. The Hall–Kier alpha value is 0.230. The van der Waals surface area contributed by atoms with Crippen LogP contribution < -0.4 is 5.32 Å². The van der Waals surface area contributed by atoms with E-state index in [1.165, 1.54) is 0 Å². The number of ether oxygens (including phenoxy) is 1. The third-order valence-electron chi connectivity index (χ3n) is 1.26. The molecule has 0 aliphatic carbocycles. The highest BCUT2D eigenvalue weighted by atomic mass is 32.1. The van der Waals surface area contributed by atoms with Crippen LogP contribution in [0.5, 0.6) is 0 Å². The Balaban J connectivity index is 3.35. The fourth-order valence-corrected chi connectivity index (χ4v) is 0.815. The summed E-state index contributed by atoms with van der Waals surface area (Å²) in [5, 5.41) is 3.23. The number of thiol groups is 1. The lowest BCUT2D eigenvalue weighted by Crippen LogP contribution is -2.34. The van der Waals surface area contributed by atoms with Gasteiger partial charge in [0, 0.05) is 19.7 Å². The first-order valence-corrected chi connectivity index (χ1v) is 4.09. The van der Waals surface area contributed by atoms with Crippen LogP contribution in [0.25, 0.3) is 0 Å². The second kappa shape index (κ2) is 6.91. The maximum atomic E-state index is 4.91. The van der Waals surface area contributed by atoms with Gasteiger partial charge in [-0.2, -0.15) is 0 Å². The molecule has 0 fully saturated rings. The van der Waals surface area contributed by atoms with E-state index in [0.29, 0.717) is 12.6 Å². The fraction of sp³-hybridized carbons (Fsp3) is 1.00. The molecule has 1 unspecified atom stereocenters. The van der Waals surface area contributed by atoms with Crippen molar-refractivity contribution in [2.45, 2.75) is 26.0 Å². The molecule has 4 heteroatoms. The van der Waals surface area contributed by atoms with Gasteiger partial charge >= 0.3 is 0 Å². The van der Waals surface area contributed by atoms with Gasteiger partial charge in [0.2, 0.25) is 0 Å². The van der Waals surface area contributed by atoms with Crippen LogP contribution in [0.3, 0.4) is 0 Å². The summed E-state index contributed by atoms with van der Waals surface area (Å²) in [4.78, 5) is 0. The van der Waals surface area contributed by atoms with Gasteiger partial charge < -0.3 is 14.2 Å². The molecular formula is C7H17NO2S. The van der Waals surface area contributed by atoms with E-state index in [0.717, 1.165) is 6.54 Å². The SMILES string of the molecule is COCC(CNC(C)C)OS. The lowest BCUT2D eigenvalue weighted by Gasteiger charge is -2.15. The van der Waals surface area contributed by atoms with E-state index < -0.39 is 0 Å². The van der Waals surface area contributed by atoms with E-state index >= 15 is 0 Å². The van der Waals surface area contributed by atoms with Crippen molar-refractivity contribution in [2.24, 2.45) is 0 Å². The van der Waals surface area contributed by atoms with Crippen LogP contribution in [0.15, 0.2) is 0 Å². The van der Waals surface area contributed by atoms with Gasteiger partial charge in [0.25, 0.3) is 0 Å². The number of nitrogens with one attached hydrogen (secondary N) is 1. The summed E-state index contributed by atoms with van der Waals surface area (Å²) in [7, 11) is 1.65. The number of rotatable bonds is 6. The predicted octanol–water partition coefficient (Wildman–Crippen LogP) is 0.861. The highest BCUT2D eigenvalue weighted by Crippen LogP contribution is 1.94. The maximum Gasteiger partial charge on any atom is 0.108 e. The van der Waals surface area contributed by atoms with E-state index in [4.69, 9.17) is 8.92 Å². The van der Waals surface area contributed by atoms with Crippen molar-refractivity contribution in [3.63, 3.8) is 0 Å². The molecule has 68 valence electrons. The smallest absolute Gasteiger partial charge is 0.108 e. The van der Waals surface area contributed by atoms with Crippen molar-refractivity contribution in [1.29, 1.82) is 0 Å². The minimum atomic E-state index is 0.0331. The van der Waals surface area contributed by atoms with E-state index in [9.17, 15) is 0 Å². The molecule has 0 amide bonds. The van der Waals surface area contributed by atoms with E-state index in [1.807, 2.05) is 0 Å². The Morgan fingerprint density at radius 2 is 2.09 bits per heavy atom. The Morgan fingerprint density at radius 3 is 2.45 bits per heavy atom. The number of hydrogen-bond donors (Lipinski definition) is 2. The summed E-state index contributed by atoms with van der Waals surface area (Å²) in [6.07, 6.45) is 0.0331. The monoisotopic (exact) mass is 179 g/mol. The zero-order valence-corrected chi connectivity index (χ0v) is 8.23. The molecule has 0 aromatic rings. The van der Waals surface area contributed by atoms with Gasteiger partial charge in [-0.25, -0.2) is 0 Å². The molecule has 0 rings (SSSR count). The first-order chi connectivity index (χ1) is 5.20. The van der Waals surface area contributed by atoms with Crippen LogP contribution in [0, 0.1) is 0 Å². The van der Waals surface area contributed by atoms with E-state index in [2.05, 4.69) is 32.1 Å². The highest BCUT2D eigenvalue weighted by molar-refractivity contribution is 7.75.